The van der Waals surface area contributed by atoms with E-state index < -0.39 is 17.7 Å². The van der Waals surface area contributed by atoms with Crippen LogP contribution < -0.4 is 10.5 Å². The number of hydrogen-bond donors (Lipinski definition) is 1. The molecule has 1 heterocycles. The minimum atomic E-state index is -0.952. The summed E-state index contributed by atoms with van der Waals surface area (Å²) >= 11 is 0. The van der Waals surface area contributed by atoms with E-state index >= 15 is 0 Å². The molecule has 0 bridgehead atoms. The Morgan fingerprint density at radius 2 is 2.05 bits per heavy atom. The SMILES string of the molecule is CC(N)C(Oc1ccc(F)c(F)c1)c1cnn(C)c1. The van der Waals surface area contributed by atoms with Gasteiger partial charge in [-0.2, -0.15) is 5.10 Å². The second-order valence-electron chi connectivity index (χ2n) is 4.42. The van der Waals surface area contributed by atoms with Crippen molar-refractivity contribution in [3.63, 3.8) is 0 Å². The highest BCUT2D eigenvalue weighted by molar-refractivity contribution is 5.25. The number of aryl methyl sites for hydroxylation is 1. The summed E-state index contributed by atoms with van der Waals surface area (Å²) in [6.45, 7) is 1.78. The van der Waals surface area contributed by atoms with E-state index in [0.717, 1.165) is 17.7 Å². The highest BCUT2D eigenvalue weighted by atomic mass is 19.2. The van der Waals surface area contributed by atoms with Crippen LogP contribution in [0.1, 0.15) is 18.6 Å². The first-order valence-electron chi connectivity index (χ1n) is 5.83. The molecular formula is C13H15F2N3O. The molecule has 0 aliphatic rings. The second kappa shape index (κ2) is 5.36. The number of hydrogen-bond acceptors (Lipinski definition) is 3. The van der Waals surface area contributed by atoms with Gasteiger partial charge >= 0.3 is 0 Å². The van der Waals surface area contributed by atoms with Crippen molar-refractivity contribution in [3.05, 3.63) is 47.8 Å². The van der Waals surface area contributed by atoms with E-state index in [9.17, 15) is 8.78 Å². The van der Waals surface area contributed by atoms with Crippen molar-refractivity contribution in [3.8, 4) is 5.75 Å². The van der Waals surface area contributed by atoms with Gasteiger partial charge in [0.1, 0.15) is 11.9 Å². The fourth-order valence-corrected chi connectivity index (χ4v) is 1.76. The van der Waals surface area contributed by atoms with Crippen molar-refractivity contribution < 1.29 is 13.5 Å². The van der Waals surface area contributed by atoms with Gasteiger partial charge in [0, 0.05) is 30.9 Å². The Balaban J connectivity index is 2.23. The Bertz CT molecular complexity index is 569. The van der Waals surface area contributed by atoms with Gasteiger partial charge in [0.2, 0.25) is 0 Å². The Morgan fingerprint density at radius 1 is 1.32 bits per heavy atom. The third-order valence-electron chi connectivity index (χ3n) is 2.69. The quantitative estimate of drug-likeness (QED) is 0.923. The molecule has 0 fully saturated rings. The predicted octanol–water partition coefficient (Wildman–Crippen LogP) is 2.17. The minimum absolute atomic E-state index is 0.227. The lowest BCUT2D eigenvalue weighted by molar-refractivity contribution is 0.179. The number of halogens is 2. The van der Waals surface area contributed by atoms with E-state index in [-0.39, 0.29) is 11.8 Å². The lowest BCUT2D eigenvalue weighted by Gasteiger charge is -2.21. The van der Waals surface area contributed by atoms with Gasteiger partial charge in [0.25, 0.3) is 0 Å². The first-order chi connectivity index (χ1) is 8.97. The number of benzene rings is 1. The molecule has 0 saturated heterocycles. The Kier molecular flexibility index (Phi) is 3.80. The summed E-state index contributed by atoms with van der Waals surface area (Å²) in [6, 6.07) is 3.06. The van der Waals surface area contributed by atoms with Crippen LogP contribution >= 0.6 is 0 Å². The molecule has 2 atom stereocenters. The van der Waals surface area contributed by atoms with Crippen molar-refractivity contribution in [1.82, 2.24) is 9.78 Å². The minimum Gasteiger partial charge on any atom is -0.484 e. The summed E-state index contributed by atoms with van der Waals surface area (Å²) in [5, 5.41) is 4.04. The van der Waals surface area contributed by atoms with Crippen LogP contribution in [0.5, 0.6) is 5.75 Å². The van der Waals surface area contributed by atoms with Crippen LogP contribution in [0.3, 0.4) is 0 Å². The summed E-state index contributed by atoms with van der Waals surface area (Å²) in [7, 11) is 1.78. The number of nitrogens with two attached hydrogens (primary N) is 1. The smallest absolute Gasteiger partial charge is 0.162 e. The third-order valence-corrected chi connectivity index (χ3v) is 2.69. The molecule has 1 aromatic carbocycles. The van der Waals surface area contributed by atoms with Gasteiger partial charge in [-0.25, -0.2) is 8.78 Å². The molecule has 0 amide bonds. The van der Waals surface area contributed by atoms with Crippen LogP contribution in [0.4, 0.5) is 8.78 Å². The Labute approximate surface area is 109 Å². The molecule has 19 heavy (non-hydrogen) atoms. The highest BCUT2D eigenvalue weighted by Crippen LogP contribution is 2.25. The molecule has 2 rings (SSSR count). The second-order valence-corrected chi connectivity index (χ2v) is 4.42. The molecule has 6 heteroatoms. The number of aromatic nitrogens is 2. The average Bonchev–Trinajstić information content (AvgIpc) is 2.76. The van der Waals surface area contributed by atoms with E-state index in [4.69, 9.17) is 10.5 Å². The van der Waals surface area contributed by atoms with E-state index in [1.54, 1.807) is 31.0 Å². The average molecular weight is 267 g/mol. The monoisotopic (exact) mass is 267 g/mol. The van der Waals surface area contributed by atoms with Crippen molar-refractivity contribution >= 4 is 0 Å². The zero-order valence-corrected chi connectivity index (χ0v) is 10.7. The summed E-state index contributed by atoms with van der Waals surface area (Å²) in [6.07, 6.45) is 2.93. The Hall–Kier alpha value is -1.95. The molecule has 2 unspecified atom stereocenters. The summed E-state index contributed by atoms with van der Waals surface area (Å²) in [5.41, 5.74) is 6.64. The maximum absolute atomic E-state index is 13.1. The standard InChI is InChI=1S/C13H15F2N3O/c1-8(16)13(9-6-17-18(2)7-9)19-10-3-4-11(14)12(15)5-10/h3-8,13H,16H2,1-2H3. The van der Waals surface area contributed by atoms with E-state index in [0.29, 0.717) is 0 Å². The lowest BCUT2D eigenvalue weighted by Crippen LogP contribution is -2.28. The Morgan fingerprint density at radius 3 is 2.58 bits per heavy atom. The molecule has 2 aromatic rings. The molecule has 4 nitrogen and oxygen atoms in total. The zero-order valence-electron chi connectivity index (χ0n) is 10.7. The number of ether oxygens (including phenoxy) is 1. The van der Waals surface area contributed by atoms with Gasteiger partial charge in [-0.3, -0.25) is 4.68 Å². The van der Waals surface area contributed by atoms with Gasteiger partial charge < -0.3 is 10.5 Å². The zero-order chi connectivity index (χ0) is 14.0. The van der Waals surface area contributed by atoms with Crippen molar-refractivity contribution in [2.75, 3.05) is 0 Å². The molecule has 0 aliphatic heterocycles. The maximum atomic E-state index is 13.1. The van der Waals surface area contributed by atoms with Gasteiger partial charge in [0.15, 0.2) is 11.6 Å². The van der Waals surface area contributed by atoms with Crippen LogP contribution in [0.2, 0.25) is 0 Å². The van der Waals surface area contributed by atoms with Crippen LogP contribution in [0, 0.1) is 11.6 Å². The van der Waals surface area contributed by atoms with Crippen LogP contribution in [-0.2, 0) is 7.05 Å². The largest absolute Gasteiger partial charge is 0.484 e. The van der Waals surface area contributed by atoms with E-state index in [1.165, 1.54) is 6.07 Å². The van der Waals surface area contributed by atoms with Crippen molar-refractivity contribution in [2.45, 2.75) is 19.1 Å². The fraction of sp³-hybridized carbons (Fsp3) is 0.308. The van der Waals surface area contributed by atoms with Gasteiger partial charge in [-0.15, -0.1) is 0 Å². The van der Waals surface area contributed by atoms with Gasteiger partial charge in [-0.05, 0) is 19.1 Å². The molecule has 2 N–H and O–H groups in total. The summed E-state index contributed by atoms with van der Waals surface area (Å²) in [5.74, 6) is -1.64. The van der Waals surface area contributed by atoms with Crippen molar-refractivity contribution in [1.29, 1.82) is 0 Å². The first-order valence-corrected chi connectivity index (χ1v) is 5.83. The molecule has 0 spiro atoms. The number of nitrogens with zero attached hydrogens (tertiary/aromatic N) is 2. The molecular weight excluding hydrogens is 252 g/mol. The molecule has 1 aromatic heterocycles. The van der Waals surface area contributed by atoms with E-state index in [1.807, 2.05) is 0 Å². The van der Waals surface area contributed by atoms with Crippen LogP contribution in [0.25, 0.3) is 0 Å². The predicted molar refractivity (Wildman–Crippen MR) is 66.6 cm³/mol. The fourth-order valence-electron chi connectivity index (χ4n) is 1.76. The molecule has 102 valence electrons. The van der Waals surface area contributed by atoms with E-state index in [2.05, 4.69) is 5.10 Å². The van der Waals surface area contributed by atoms with Crippen LogP contribution in [0.15, 0.2) is 30.6 Å². The maximum Gasteiger partial charge on any atom is 0.162 e. The van der Waals surface area contributed by atoms with Crippen LogP contribution in [-0.4, -0.2) is 15.8 Å². The molecule has 0 saturated carbocycles. The normalized spacial score (nSPS) is 14.2. The number of rotatable bonds is 4. The third kappa shape index (κ3) is 3.08. The highest BCUT2D eigenvalue weighted by Gasteiger charge is 2.20. The molecule has 0 radical (unpaired) electrons. The first kappa shape index (κ1) is 13.5. The topological polar surface area (TPSA) is 53.1 Å². The van der Waals surface area contributed by atoms with Crippen molar-refractivity contribution in [2.24, 2.45) is 12.8 Å². The molecule has 0 aliphatic carbocycles. The summed E-state index contributed by atoms with van der Waals surface area (Å²) < 4.78 is 33.2. The lowest BCUT2D eigenvalue weighted by atomic mass is 10.1. The van der Waals surface area contributed by atoms with Gasteiger partial charge in [0.05, 0.1) is 6.20 Å². The van der Waals surface area contributed by atoms with Gasteiger partial charge in [-0.1, -0.05) is 0 Å². The summed E-state index contributed by atoms with van der Waals surface area (Å²) in [4.78, 5) is 0.